The molecule has 2 aliphatic rings. The molecule has 0 saturated carbocycles. The van der Waals surface area contributed by atoms with Gasteiger partial charge in [0.05, 0.1) is 11.3 Å². The molecule has 1 N–H and O–H groups in total. The van der Waals surface area contributed by atoms with E-state index >= 15 is 0 Å². The third-order valence-electron chi connectivity index (χ3n) is 11.0. The van der Waals surface area contributed by atoms with Crippen LogP contribution in [0.15, 0.2) is 83.5 Å². The molecule has 0 saturated heterocycles. The van der Waals surface area contributed by atoms with Crippen LogP contribution in [0.25, 0.3) is 22.2 Å². The van der Waals surface area contributed by atoms with Crippen molar-refractivity contribution in [2.24, 2.45) is 35.5 Å². The van der Waals surface area contributed by atoms with Crippen LogP contribution < -0.4 is 0 Å². The van der Waals surface area contributed by atoms with Gasteiger partial charge in [-0.1, -0.05) is 126 Å². The zero-order chi connectivity index (χ0) is 36.7. The molecule has 0 spiro atoms. The molecule has 3 aromatic carbocycles. The fourth-order valence-corrected chi connectivity index (χ4v) is 10.8. The number of hydrogen-bond donors (Lipinski definition) is 1. The molecule has 1 aliphatic heterocycles. The number of aliphatic hydroxyl groups is 1. The summed E-state index contributed by atoms with van der Waals surface area (Å²) in [5.74, 6) is 2.56. The Hall–Kier alpha value is -2.72. The number of nitrogens with zero attached hydrogens (tertiary/aromatic N) is 1. The summed E-state index contributed by atoms with van der Waals surface area (Å²) in [6.07, 6.45) is 1.48. The van der Waals surface area contributed by atoms with Crippen molar-refractivity contribution in [3.05, 3.63) is 107 Å². The van der Waals surface area contributed by atoms with Gasteiger partial charge in [0.2, 0.25) is 0 Å². The number of ketones is 1. The summed E-state index contributed by atoms with van der Waals surface area (Å²) < 4.78 is 0. The SMILES string of the molecule is CC(C)C(C(=O)/C=C(\O)C(C(C)C)C(C)C)C(C)C.CC(C)c1cc(-c2[c-]ccc3c2C(C)(C)C2c4ccccc4SC32)nc2ccccc12.[Ir]. The van der Waals surface area contributed by atoms with Crippen LogP contribution in [0.4, 0.5) is 0 Å². The molecule has 6 rings (SSSR count). The van der Waals surface area contributed by atoms with Crippen LogP contribution in [0.3, 0.4) is 0 Å². The van der Waals surface area contributed by atoms with E-state index in [1.807, 2.05) is 11.8 Å². The molecule has 1 aromatic heterocycles. The number of pyridine rings is 1. The number of carbonyl (C=O) groups is 1. The Morgan fingerprint density at radius 3 is 2.02 bits per heavy atom. The fraction of sp³-hybridized carbons (Fsp3) is 0.478. The predicted molar refractivity (Wildman–Crippen MR) is 213 cm³/mol. The molecule has 51 heavy (non-hydrogen) atoms. The Bertz CT molecular complexity index is 1850. The summed E-state index contributed by atoms with van der Waals surface area (Å²) in [5, 5.41) is 12.0. The maximum atomic E-state index is 12.3. The summed E-state index contributed by atoms with van der Waals surface area (Å²) >= 11 is 2.03. The molecule has 2 heterocycles. The Morgan fingerprint density at radius 2 is 1.41 bits per heavy atom. The number of para-hydroxylation sites is 1. The van der Waals surface area contributed by atoms with Crippen molar-refractivity contribution in [3.8, 4) is 11.3 Å². The molecule has 2 unspecified atom stereocenters. The molecular weight excluding hydrogens is 823 g/mol. The van der Waals surface area contributed by atoms with Gasteiger partial charge in [-0.3, -0.25) is 9.78 Å². The third kappa shape index (κ3) is 8.12. The van der Waals surface area contributed by atoms with Crippen LogP contribution in [0, 0.1) is 41.6 Å². The first-order valence-electron chi connectivity index (χ1n) is 18.7. The number of rotatable bonds is 9. The molecule has 2 atom stereocenters. The molecule has 0 amide bonds. The second-order valence-electron chi connectivity index (χ2n) is 16.7. The minimum atomic E-state index is -0.0119. The molecule has 1 aliphatic carbocycles. The van der Waals surface area contributed by atoms with E-state index in [1.165, 1.54) is 44.2 Å². The van der Waals surface area contributed by atoms with Crippen molar-refractivity contribution >= 4 is 28.4 Å². The van der Waals surface area contributed by atoms with Crippen molar-refractivity contribution in [3.63, 3.8) is 0 Å². The zero-order valence-corrected chi connectivity index (χ0v) is 35.9. The van der Waals surface area contributed by atoms with Crippen LogP contribution in [-0.2, 0) is 30.3 Å². The van der Waals surface area contributed by atoms with Gasteiger partial charge in [-0.25, -0.2) is 0 Å². The third-order valence-corrected chi connectivity index (χ3v) is 12.4. The standard InChI is InChI=1S/C29H26NS.C17H32O2.Ir/c1-17(2)22-16-24(30-23-14-7-5-10-18(22)23)19-12-9-13-21-26(19)29(3,4)27-20-11-6-8-15-25(20)31-28(21)27;1-10(2)16(11(3)4)14(18)9-15(19)17(12(5)6)13(7)8;/h5-11,13-17,27-28H,1-4H3;9-13,16-18H,1-8H3;/q-1;;/b;14-9-;. The Balaban J connectivity index is 0.000000255. The van der Waals surface area contributed by atoms with E-state index in [0.717, 1.165) is 11.2 Å². The number of carbonyl (C=O) groups excluding carboxylic acids is 1. The van der Waals surface area contributed by atoms with Crippen LogP contribution in [0.5, 0.6) is 0 Å². The fourth-order valence-electron chi connectivity index (χ4n) is 9.05. The Kier molecular flexibility index (Phi) is 13.3. The maximum Gasteiger partial charge on any atom is 0.162 e. The van der Waals surface area contributed by atoms with Gasteiger partial charge in [0.15, 0.2) is 5.78 Å². The monoisotopic (exact) mass is 881 g/mol. The molecule has 275 valence electrons. The normalized spacial score (nSPS) is 17.7. The van der Waals surface area contributed by atoms with Crippen LogP contribution in [-0.4, -0.2) is 15.9 Å². The molecular formula is C46H58IrNO2S-. The Morgan fingerprint density at radius 1 is 0.824 bits per heavy atom. The van der Waals surface area contributed by atoms with E-state index < -0.39 is 0 Å². The molecule has 4 aromatic rings. The van der Waals surface area contributed by atoms with E-state index in [0.29, 0.717) is 40.8 Å². The number of fused-ring (bicyclic) bond motifs is 6. The average molecular weight is 881 g/mol. The van der Waals surface area contributed by atoms with E-state index in [4.69, 9.17) is 4.98 Å². The van der Waals surface area contributed by atoms with Crippen LogP contribution >= 0.6 is 11.8 Å². The summed E-state index contributed by atoms with van der Waals surface area (Å²) in [7, 11) is 0. The van der Waals surface area contributed by atoms with Crippen molar-refractivity contribution in [2.75, 3.05) is 0 Å². The van der Waals surface area contributed by atoms with Crippen molar-refractivity contribution in [1.29, 1.82) is 0 Å². The number of allylic oxidation sites excluding steroid dienone is 2. The Labute approximate surface area is 325 Å². The number of hydrogen-bond acceptors (Lipinski definition) is 4. The molecule has 0 fully saturated rings. The van der Waals surface area contributed by atoms with Gasteiger partial charge in [-0.2, -0.15) is 0 Å². The topological polar surface area (TPSA) is 50.2 Å². The summed E-state index contributed by atoms with van der Waals surface area (Å²) in [4.78, 5) is 18.9. The van der Waals surface area contributed by atoms with Crippen molar-refractivity contribution in [2.45, 2.75) is 110 Å². The van der Waals surface area contributed by atoms with Crippen molar-refractivity contribution < 1.29 is 30.0 Å². The quantitative estimate of drug-likeness (QED) is 0.103. The van der Waals surface area contributed by atoms with E-state index in [2.05, 4.69) is 156 Å². The van der Waals surface area contributed by atoms with Gasteiger partial charge >= 0.3 is 0 Å². The molecule has 3 nitrogen and oxygen atoms in total. The van der Waals surface area contributed by atoms with Crippen LogP contribution in [0.1, 0.15) is 122 Å². The summed E-state index contributed by atoms with van der Waals surface area (Å²) in [5.41, 5.74) is 9.10. The van der Waals surface area contributed by atoms with E-state index in [1.54, 1.807) is 0 Å². The summed E-state index contributed by atoms with van der Waals surface area (Å²) in [6.45, 7) is 26.0. The minimum Gasteiger partial charge on any atom is -0.512 e. The first-order chi connectivity index (χ1) is 23.6. The van der Waals surface area contributed by atoms with Gasteiger partial charge in [0, 0.05) is 59.5 Å². The largest absolute Gasteiger partial charge is 0.512 e. The smallest absolute Gasteiger partial charge is 0.162 e. The molecule has 1 radical (unpaired) electrons. The predicted octanol–water partition coefficient (Wildman–Crippen LogP) is 12.9. The summed E-state index contributed by atoms with van der Waals surface area (Å²) in [6, 6.07) is 27.8. The van der Waals surface area contributed by atoms with Gasteiger partial charge in [-0.15, -0.1) is 46.7 Å². The average Bonchev–Trinajstić information content (AvgIpc) is 3.53. The van der Waals surface area contributed by atoms with E-state index in [-0.39, 0.29) is 48.9 Å². The maximum absolute atomic E-state index is 12.3. The second kappa shape index (κ2) is 16.5. The first kappa shape index (κ1) is 41.0. The van der Waals surface area contributed by atoms with Gasteiger partial charge in [0.1, 0.15) is 0 Å². The zero-order valence-electron chi connectivity index (χ0n) is 32.7. The van der Waals surface area contributed by atoms with Gasteiger partial charge in [0.25, 0.3) is 0 Å². The van der Waals surface area contributed by atoms with E-state index in [9.17, 15) is 9.90 Å². The molecule has 5 heteroatoms. The first-order valence-corrected chi connectivity index (χ1v) is 19.6. The minimum absolute atomic E-state index is 0. The molecule has 0 bridgehead atoms. The van der Waals surface area contributed by atoms with Crippen molar-refractivity contribution in [1.82, 2.24) is 4.98 Å². The second-order valence-corrected chi connectivity index (χ2v) is 17.9. The number of benzene rings is 3. The van der Waals surface area contributed by atoms with Crippen LogP contribution in [0.2, 0.25) is 0 Å². The number of thioether (sulfide) groups is 1. The number of aromatic nitrogens is 1. The van der Waals surface area contributed by atoms with Gasteiger partial charge < -0.3 is 5.11 Å². The number of aliphatic hydroxyl groups excluding tert-OH is 1. The van der Waals surface area contributed by atoms with Gasteiger partial charge in [-0.05, 0) is 64.0 Å².